The second kappa shape index (κ2) is 16.9. The largest absolute Gasteiger partial charge is 0.313 e. The van der Waals surface area contributed by atoms with Crippen LogP contribution in [0.25, 0.3) is 89.1 Å². The highest BCUT2D eigenvalue weighted by atomic mass is 15.1. The van der Waals surface area contributed by atoms with Crippen LogP contribution in [-0.2, 0) is 6.42 Å². The lowest BCUT2D eigenvalue weighted by atomic mass is 9.97. The highest BCUT2D eigenvalue weighted by molar-refractivity contribution is 5.94. The second-order valence-electron chi connectivity index (χ2n) is 17.3. The Hall–Kier alpha value is -8.46. The molecule has 11 aromatic rings. The first-order valence-electron chi connectivity index (χ1n) is 23.0. The van der Waals surface area contributed by atoms with Crippen molar-refractivity contribution in [1.82, 2.24) is 4.57 Å². The molecule has 2 heteroatoms. The molecule has 0 atom stereocenters. The molecule has 0 fully saturated rings. The van der Waals surface area contributed by atoms with Crippen molar-refractivity contribution in [3.05, 3.63) is 260 Å². The lowest BCUT2D eigenvalue weighted by molar-refractivity contribution is 0.889. The van der Waals surface area contributed by atoms with E-state index in [1.165, 1.54) is 94.3 Å². The van der Waals surface area contributed by atoms with Gasteiger partial charge in [-0.05, 0) is 152 Å². The van der Waals surface area contributed by atoms with Crippen LogP contribution in [0.3, 0.4) is 0 Å². The van der Waals surface area contributed by atoms with Gasteiger partial charge in [-0.3, -0.25) is 0 Å². The Morgan fingerprint density at radius 2 is 0.788 bits per heavy atom. The Bertz CT molecular complexity index is 3560. The number of hydrogen-bond acceptors (Lipinski definition) is 1. The van der Waals surface area contributed by atoms with Gasteiger partial charge in [-0.1, -0.05) is 182 Å². The Labute approximate surface area is 386 Å². The number of para-hydroxylation sites is 1. The lowest BCUT2D eigenvalue weighted by Crippen LogP contribution is -2.09. The molecule has 1 aromatic heterocycles. The number of anilines is 3. The molecule has 10 aromatic carbocycles. The van der Waals surface area contributed by atoms with Crippen molar-refractivity contribution in [2.24, 2.45) is 0 Å². The van der Waals surface area contributed by atoms with E-state index in [1.54, 1.807) is 0 Å². The SMILES string of the molecule is C1=Cc2c(n(-c3cccc(-c4ccc(N(c5ccc(-c6cccc(-c7ccccc7)c6)cc5)c5ccc(-c6cccc(-c7ccc8ccccc8c7)c6)cc5)cc4)c3)c3ccccc23)CC1. The summed E-state index contributed by atoms with van der Waals surface area (Å²) >= 11 is 0. The van der Waals surface area contributed by atoms with Crippen molar-refractivity contribution in [3.8, 4) is 61.3 Å². The molecule has 312 valence electrons. The van der Waals surface area contributed by atoms with E-state index < -0.39 is 0 Å². The first-order chi connectivity index (χ1) is 32.7. The zero-order valence-electron chi connectivity index (χ0n) is 36.6. The number of benzene rings is 10. The summed E-state index contributed by atoms with van der Waals surface area (Å²) < 4.78 is 2.47. The van der Waals surface area contributed by atoms with Gasteiger partial charge in [0.2, 0.25) is 0 Å². The quantitative estimate of drug-likeness (QED) is 0.141. The molecule has 2 nitrogen and oxygen atoms in total. The van der Waals surface area contributed by atoms with Gasteiger partial charge in [-0.2, -0.15) is 0 Å². The van der Waals surface area contributed by atoms with Gasteiger partial charge in [0.15, 0.2) is 0 Å². The zero-order valence-corrected chi connectivity index (χ0v) is 36.6. The van der Waals surface area contributed by atoms with E-state index in [1.807, 2.05) is 0 Å². The molecule has 1 heterocycles. The molecule has 0 amide bonds. The highest BCUT2D eigenvalue weighted by Gasteiger charge is 2.19. The highest BCUT2D eigenvalue weighted by Crippen LogP contribution is 2.40. The van der Waals surface area contributed by atoms with Crippen LogP contribution in [-0.4, -0.2) is 4.57 Å². The minimum absolute atomic E-state index is 1.04. The van der Waals surface area contributed by atoms with E-state index in [4.69, 9.17) is 0 Å². The third-order valence-electron chi connectivity index (χ3n) is 13.2. The fourth-order valence-corrected chi connectivity index (χ4v) is 9.90. The lowest BCUT2D eigenvalue weighted by Gasteiger charge is -2.26. The Balaban J connectivity index is 0.891. The Morgan fingerprint density at radius 1 is 0.333 bits per heavy atom. The molecule has 0 bridgehead atoms. The summed E-state index contributed by atoms with van der Waals surface area (Å²) in [6.45, 7) is 0. The predicted molar refractivity (Wildman–Crippen MR) is 280 cm³/mol. The zero-order chi connectivity index (χ0) is 43.8. The molecule has 0 unspecified atom stereocenters. The summed E-state index contributed by atoms with van der Waals surface area (Å²) in [6.07, 6.45) is 6.71. The monoisotopic (exact) mass is 842 g/mol. The van der Waals surface area contributed by atoms with Gasteiger partial charge in [-0.15, -0.1) is 0 Å². The summed E-state index contributed by atoms with van der Waals surface area (Å²) in [5.74, 6) is 0. The van der Waals surface area contributed by atoms with Crippen LogP contribution in [0.2, 0.25) is 0 Å². The van der Waals surface area contributed by atoms with Crippen LogP contribution in [0.1, 0.15) is 17.7 Å². The molecule has 0 radical (unpaired) electrons. The maximum atomic E-state index is 2.47. The van der Waals surface area contributed by atoms with Crippen LogP contribution in [0, 0.1) is 0 Å². The van der Waals surface area contributed by atoms with Gasteiger partial charge < -0.3 is 9.47 Å². The maximum Gasteiger partial charge on any atom is 0.0537 e. The fourth-order valence-electron chi connectivity index (χ4n) is 9.90. The molecule has 0 aliphatic heterocycles. The molecular formula is C64H46N2. The van der Waals surface area contributed by atoms with Gasteiger partial charge in [0.25, 0.3) is 0 Å². The number of aromatic nitrogens is 1. The molecule has 12 rings (SSSR count). The number of hydrogen-bond donors (Lipinski definition) is 0. The number of nitrogens with zero attached hydrogens (tertiary/aromatic N) is 2. The van der Waals surface area contributed by atoms with Crippen molar-refractivity contribution < 1.29 is 0 Å². The predicted octanol–water partition coefficient (Wildman–Crippen LogP) is 17.5. The van der Waals surface area contributed by atoms with Gasteiger partial charge in [0.05, 0.1) is 5.52 Å². The van der Waals surface area contributed by atoms with Crippen molar-refractivity contribution >= 4 is 44.8 Å². The van der Waals surface area contributed by atoms with Crippen LogP contribution < -0.4 is 4.90 Å². The van der Waals surface area contributed by atoms with E-state index >= 15 is 0 Å². The van der Waals surface area contributed by atoms with E-state index in [2.05, 4.69) is 264 Å². The van der Waals surface area contributed by atoms with Crippen molar-refractivity contribution in [1.29, 1.82) is 0 Å². The van der Waals surface area contributed by atoms with E-state index in [0.29, 0.717) is 0 Å². The van der Waals surface area contributed by atoms with Crippen LogP contribution in [0.5, 0.6) is 0 Å². The minimum Gasteiger partial charge on any atom is -0.313 e. The standard InChI is InChI=1S/C64H46N2/c1-2-13-45(14-3-1)51-17-10-18-52(41-51)47-29-35-57(36-30-47)65(58-37-31-48(32-38-58)53-19-11-20-54(42-53)56-28-27-46-15-4-5-16-50(46)43-56)59-39-33-49(34-40-59)55-21-12-22-60(44-55)66-63-25-8-6-23-61(63)62-24-7-9-26-64(62)66/h1-8,10-25,27-44H,9,26H2. The smallest absolute Gasteiger partial charge is 0.0537 e. The molecule has 0 N–H and O–H groups in total. The summed E-state index contributed by atoms with van der Waals surface area (Å²) in [6, 6.07) is 88.5. The summed E-state index contributed by atoms with van der Waals surface area (Å²) in [4.78, 5) is 2.37. The normalized spacial score (nSPS) is 12.1. The summed E-state index contributed by atoms with van der Waals surface area (Å²) in [5, 5.41) is 3.82. The van der Waals surface area contributed by atoms with Crippen molar-refractivity contribution in [2.75, 3.05) is 4.90 Å². The third-order valence-corrected chi connectivity index (χ3v) is 13.2. The molecule has 66 heavy (non-hydrogen) atoms. The number of fused-ring (bicyclic) bond motifs is 4. The summed E-state index contributed by atoms with van der Waals surface area (Å²) in [7, 11) is 0. The Kier molecular flexibility index (Phi) is 10.0. The van der Waals surface area contributed by atoms with E-state index in [9.17, 15) is 0 Å². The maximum absolute atomic E-state index is 2.47. The first-order valence-corrected chi connectivity index (χ1v) is 23.0. The van der Waals surface area contributed by atoms with Gasteiger partial charge >= 0.3 is 0 Å². The van der Waals surface area contributed by atoms with Gasteiger partial charge in [0.1, 0.15) is 0 Å². The van der Waals surface area contributed by atoms with Crippen molar-refractivity contribution in [3.63, 3.8) is 0 Å². The van der Waals surface area contributed by atoms with E-state index in [0.717, 1.165) is 29.9 Å². The second-order valence-corrected chi connectivity index (χ2v) is 17.3. The topological polar surface area (TPSA) is 8.17 Å². The first kappa shape index (κ1) is 39.2. The molecule has 0 saturated carbocycles. The molecule has 0 saturated heterocycles. The van der Waals surface area contributed by atoms with Crippen LogP contribution in [0.15, 0.2) is 249 Å². The molecule has 1 aliphatic rings. The molecule has 1 aliphatic carbocycles. The Morgan fingerprint density at radius 3 is 1.41 bits per heavy atom. The van der Waals surface area contributed by atoms with Gasteiger partial charge in [0, 0.05) is 39.4 Å². The summed E-state index contributed by atoms with van der Waals surface area (Å²) in [5.41, 5.74) is 20.5. The fraction of sp³-hybridized carbons (Fsp3) is 0.0312. The van der Waals surface area contributed by atoms with Crippen molar-refractivity contribution in [2.45, 2.75) is 12.8 Å². The van der Waals surface area contributed by atoms with Crippen LogP contribution >= 0.6 is 0 Å². The number of allylic oxidation sites excluding steroid dienone is 1. The number of rotatable bonds is 9. The average molecular weight is 843 g/mol. The minimum atomic E-state index is 1.04. The van der Waals surface area contributed by atoms with E-state index in [-0.39, 0.29) is 0 Å². The van der Waals surface area contributed by atoms with Gasteiger partial charge in [-0.25, -0.2) is 0 Å². The average Bonchev–Trinajstić information content (AvgIpc) is 3.74. The molecular weight excluding hydrogens is 797 g/mol. The molecule has 0 spiro atoms. The third kappa shape index (κ3) is 7.39. The van der Waals surface area contributed by atoms with Crippen LogP contribution in [0.4, 0.5) is 17.1 Å².